The molecule has 0 aliphatic heterocycles. The molecule has 4 aromatic carbocycles. The van der Waals surface area contributed by atoms with Crippen LogP contribution in [0.25, 0.3) is 0 Å². The predicted molar refractivity (Wildman–Crippen MR) is 186 cm³/mol. The number of hydrogen-bond donors (Lipinski definition) is 4. The Morgan fingerprint density at radius 3 is 1.57 bits per heavy atom. The third kappa shape index (κ3) is 12.2. The van der Waals surface area contributed by atoms with E-state index in [-0.39, 0.29) is 53.5 Å². The lowest BCUT2D eigenvalue weighted by Gasteiger charge is -2.13. The summed E-state index contributed by atoms with van der Waals surface area (Å²) >= 11 is 19.0. The Bertz CT molecular complexity index is 1700. The van der Waals surface area contributed by atoms with E-state index in [2.05, 4.69) is 42.5 Å². The van der Waals surface area contributed by atoms with Crippen molar-refractivity contribution < 1.29 is 38.1 Å². The van der Waals surface area contributed by atoms with Gasteiger partial charge in [0.25, 0.3) is 0 Å². The normalized spacial score (nSPS) is 10.5. The second-order valence-electron chi connectivity index (χ2n) is 10.0. The molecule has 0 saturated heterocycles. The number of halogens is 6. The van der Waals surface area contributed by atoms with Gasteiger partial charge in [-0.15, -0.1) is 0 Å². The molecule has 8 nitrogen and oxygen atoms in total. The van der Waals surface area contributed by atoms with E-state index < -0.39 is 11.9 Å². The molecule has 250 valence electrons. The number of benzene rings is 4. The molecule has 47 heavy (non-hydrogen) atoms. The lowest BCUT2D eigenvalue weighted by Crippen LogP contribution is -2.02. The summed E-state index contributed by atoms with van der Waals surface area (Å²) in [6, 6.07) is 15.7. The van der Waals surface area contributed by atoms with Gasteiger partial charge in [-0.05, 0) is 121 Å². The molecule has 0 radical (unpaired) electrons. The number of hydrogen-bond acceptors (Lipinski definition) is 6. The second kappa shape index (κ2) is 18.1. The number of nitrogens with one attached hydrogen (secondary N) is 2. The maximum Gasteiger partial charge on any atom is 0.307 e. The fraction of sp³-hybridized carbons (Fsp3) is 0.212. The largest absolute Gasteiger partial charge is 0.487 e. The molecule has 0 fully saturated rings. The van der Waals surface area contributed by atoms with Crippen LogP contribution in [-0.2, 0) is 35.6 Å². The minimum absolute atomic E-state index is 0.0647. The van der Waals surface area contributed by atoms with Gasteiger partial charge in [0.05, 0.1) is 25.4 Å². The van der Waals surface area contributed by atoms with Gasteiger partial charge in [-0.3, -0.25) is 9.59 Å². The van der Waals surface area contributed by atoms with E-state index in [1.807, 2.05) is 18.2 Å². The van der Waals surface area contributed by atoms with Gasteiger partial charge >= 0.3 is 11.9 Å². The van der Waals surface area contributed by atoms with Crippen molar-refractivity contribution in [2.75, 3.05) is 24.7 Å². The lowest BCUT2D eigenvalue weighted by molar-refractivity contribution is -0.137. The Hall–Kier alpha value is -3.58. The van der Waals surface area contributed by atoms with Crippen LogP contribution < -0.4 is 20.1 Å². The summed E-state index contributed by atoms with van der Waals surface area (Å²) in [5.41, 5.74) is 3.97. The zero-order chi connectivity index (χ0) is 34.7. The van der Waals surface area contributed by atoms with Gasteiger partial charge in [-0.2, -0.15) is 0 Å². The molecular weight excluding hydrogens is 789 g/mol. The van der Waals surface area contributed by atoms with Crippen molar-refractivity contribution in [2.45, 2.75) is 32.5 Å². The average Bonchev–Trinajstić information content (AvgIpc) is 2.98. The first-order valence-electron chi connectivity index (χ1n) is 13.9. The topological polar surface area (TPSA) is 117 Å². The highest BCUT2D eigenvalue weighted by Crippen LogP contribution is 2.37. The first-order valence-corrected chi connectivity index (χ1v) is 16.2. The Labute approximate surface area is 297 Å². The number of rotatable bonds is 13. The third-order valence-electron chi connectivity index (χ3n) is 6.36. The van der Waals surface area contributed by atoms with Gasteiger partial charge < -0.3 is 30.3 Å². The standard InChI is InChI=1S/C17H16Br2FNO3.C16H14Cl2FNO3/c1-21-13-5-11(4-12(20)8-13)9-24-17-14(18)6-10(7-15(17)19)2-3-16(22)23;1-20-12-3-10(2-11(19)7-12)8-23-16-13(17)4-9(5-14(16)18)6-15(21)22/h4-8,21H,2-3,9H2,1H3,(H,22,23);2-5,7,20H,6,8H2,1H3,(H,21,22). The van der Waals surface area contributed by atoms with Gasteiger partial charge in [0, 0.05) is 31.9 Å². The molecule has 0 atom stereocenters. The minimum Gasteiger partial charge on any atom is -0.487 e. The molecule has 0 aromatic heterocycles. The highest BCUT2D eigenvalue weighted by atomic mass is 79.9. The monoisotopic (exact) mass is 816 g/mol. The summed E-state index contributed by atoms with van der Waals surface area (Å²) < 4.78 is 39.8. The summed E-state index contributed by atoms with van der Waals surface area (Å²) in [5.74, 6) is -1.71. The van der Waals surface area contributed by atoms with E-state index in [1.54, 1.807) is 20.2 Å². The van der Waals surface area contributed by atoms with E-state index in [9.17, 15) is 18.4 Å². The van der Waals surface area contributed by atoms with Crippen molar-refractivity contribution in [3.63, 3.8) is 0 Å². The van der Waals surface area contributed by atoms with Crippen LogP contribution in [0.5, 0.6) is 11.5 Å². The van der Waals surface area contributed by atoms with Gasteiger partial charge in [-0.25, -0.2) is 8.78 Å². The third-order valence-corrected chi connectivity index (χ3v) is 8.10. The number of ether oxygens (including phenoxy) is 2. The molecule has 0 spiro atoms. The van der Waals surface area contributed by atoms with E-state index in [4.69, 9.17) is 42.9 Å². The fourth-order valence-electron chi connectivity index (χ4n) is 4.24. The van der Waals surface area contributed by atoms with Gasteiger partial charge in [0.2, 0.25) is 0 Å². The van der Waals surface area contributed by atoms with E-state index in [0.29, 0.717) is 49.2 Å². The molecule has 0 aliphatic carbocycles. The first kappa shape index (κ1) is 37.9. The predicted octanol–water partition coefficient (Wildman–Crippen LogP) is 9.37. The van der Waals surface area contributed by atoms with E-state index in [0.717, 1.165) is 5.56 Å². The number of carbonyl (C=O) groups is 2. The molecule has 0 amide bonds. The van der Waals surface area contributed by atoms with Crippen molar-refractivity contribution in [1.82, 2.24) is 0 Å². The molecule has 0 bridgehead atoms. The molecule has 4 N–H and O–H groups in total. The zero-order valence-corrected chi connectivity index (χ0v) is 29.8. The number of carboxylic acid groups (broad SMARTS) is 2. The molecule has 14 heteroatoms. The molecule has 0 heterocycles. The second-order valence-corrected chi connectivity index (χ2v) is 12.5. The number of aryl methyl sites for hydroxylation is 1. The minimum atomic E-state index is -0.981. The number of aliphatic carboxylic acids is 2. The smallest absolute Gasteiger partial charge is 0.307 e. The molecular formula is C33H30Br2Cl2F2N2O6. The summed E-state index contributed by atoms with van der Waals surface area (Å²) in [6.45, 7) is 0.280. The van der Waals surface area contributed by atoms with E-state index >= 15 is 0 Å². The molecule has 4 aromatic rings. The Morgan fingerprint density at radius 1 is 0.681 bits per heavy atom. The number of anilines is 2. The highest BCUT2D eigenvalue weighted by Gasteiger charge is 2.13. The van der Waals surface area contributed by atoms with Crippen LogP contribution in [0.15, 0.2) is 69.6 Å². The van der Waals surface area contributed by atoms with Crippen molar-refractivity contribution >= 4 is 78.4 Å². The zero-order valence-electron chi connectivity index (χ0n) is 25.1. The maximum absolute atomic E-state index is 13.5. The lowest BCUT2D eigenvalue weighted by atomic mass is 10.1. The van der Waals surface area contributed by atoms with Crippen molar-refractivity contribution in [3.8, 4) is 11.5 Å². The van der Waals surface area contributed by atoms with Gasteiger partial charge in [0.15, 0.2) is 5.75 Å². The van der Waals surface area contributed by atoms with Crippen molar-refractivity contribution in [1.29, 1.82) is 0 Å². The van der Waals surface area contributed by atoms with E-state index in [1.165, 1.54) is 36.4 Å². The first-order chi connectivity index (χ1) is 22.3. The summed E-state index contributed by atoms with van der Waals surface area (Å²) in [6.07, 6.45) is 0.312. The maximum atomic E-state index is 13.5. The molecule has 0 aliphatic rings. The molecule has 4 rings (SSSR count). The quantitative estimate of drug-likeness (QED) is 0.106. The van der Waals surface area contributed by atoms with Gasteiger partial charge in [-0.1, -0.05) is 23.2 Å². The van der Waals surface area contributed by atoms with Crippen molar-refractivity contribution in [2.24, 2.45) is 0 Å². The summed E-state index contributed by atoms with van der Waals surface area (Å²) in [4.78, 5) is 21.4. The van der Waals surface area contributed by atoms with Crippen LogP contribution >= 0.6 is 55.1 Å². The van der Waals surface area contributed by atoms with Crippen LogP contribution in [0.3, 0.4) is 0 Å². The van der Waals surface area contributed by atoms with Crippen LogP contribution in [0.4, 0.5) is 20.2 Å². The number of carboxylic acids is 2. The molecule has 0 saturated carbocycles. The Morgan fingerprint density at radius 2 is 1.15 bits per heavy atom. The van der Waals surface area contributed by atoms with Crippen LogP contribution in [0.1, 0.15) is 28.7 Å². The van der Waals surface area contributed by atoms with Crippen molar-refractivity contribution in [3.05, 3.63) is 114 Å². The van der Waals surface area contributed by atoms with Gasteiger partial charge in [0.1, 0.15) is 30.6 Å². The van der Waals surface area contributed by atoms with Crippen LogP contribution in [-0.4, -0.2) is 36.2 Å². The Kier molecular flexibility index (Phi) is 14.6. The summed E-state index contributed by atoms with van der Waals surface area (Å²) in [7, 11) is 3.41. The Balaban J connectivity index is 0.000000256. The average molecular weight is 819 g/mol. The fourth-order valence-corrected chi connectivity index (χ4v) is 6.39. The highest BCUT2D eigenvalue weighted by molar-refractivity contribution is 9.11. The SMILES string of the molecule is CNc1cc(F)cc(COc2c(Br)cc(CCC(=O)O)cc2Br)c1.CNc1cc(F)cc(COc2c(Cl)cc(CC(=O)O)cc2Cl)c1. The summed E-state index contributed by atoms with van der Waals surface area (Å²) in [5, 5.41) is 23.7. The van der Waals surface area contributed by atoms with Crippen LogP contribution in [0, 0.1) is 11.6 Å². The van der Waals surface area contributed by atoms with Crippen LogP contribution in [0.2, 0.25) is 10.0 Å². The molecule has 0 unspecified atom stereocenters.